The van der Waals surface area contributed by atoms with Gasteiger partial charge in [0.15, 0.2) is 0 Å². The molecule has 1 amide bonds. The van der Waals surface area contributed by atoms with Gasteiger partial charge in [-0.1, -0.05) is 26.8 Å². The third-order valence-corrected chi connectivity index (χ3v) is 3.41. The standard InChI is InChI=1S/C18H23N3O/c1-18(2,3)16-12-14(9-10-19-16)20-17(22)13-7-6-8-15(11-13)21(4)5/h6-12H,1-5H3,(H,19,20,22). The van der Waals surface area contributed by atoms with Crippen LogP contribution in [-0.2, 0) is 5.41 Å². The molecule has 22 heavy (non-hydrogen) atoms. The molecular weight excluding hydrogens is 274 g/mol. The third-order valence-electron chi connectivity index (χ3n) is 3.41. The average molecular weight is 297 g/mol. The van der Waals surface area contributed by atoms with Crippen LogP contribution in [0.5, 0.6) is 0 Å². The van der Waals surface area contributed by atoms with Crippen molar-refractivity contribution in [1.29, 1.82) is 0 Å². The minimum atomic E-state index is -0.116. The Morgan fingerprint density at radius 2 is 1.86 bits per heavy atom. The Kier molecular flexibility index (Phi) is 4.50. The fourth-order valence-electron chi connectivity index (χ4n) is 2.05. The lowest BCUT2D eigenvalue weighted by atomic mass is 9.91. The van der Waals surface area contributed by atoms with Gasteiger partial charge < -0.3 is 10.2 Å². The van der Waals surface area contributed by atoms with Crippen molar-refractivity contribution in [3.05, 3.63) is 53.9 Å². The van der Waals surface area contributed by atoms with Crippen LogP contribution >= 0.6 is 0 Å². The van der Waals surface area contributed by atoms with Crippen LogP contribution in [0.25, 0.3) is 0 Å². The number of amides is 1. The summed E-state index contributed by atoms with van der Waals surface area (Å²) in [5.74, 6) is -0.116. The molecule has 0 saturated carbocycles. The summed E-state index contributed by atoms with van der Waals surface area (Å²) in [6.07, 6.45) is 1.73. The van der Waals surface area contributed by atoms with Gasteiger partial charge in [0, 0.05) is 48.3 Å². The number of anilines is 2. The largest absolute Gasteiger partial charge is 0.378 e. The number of aromatic nitrogens is 1. The fraction of sp³-hybridized carbons (Fsp3) is 0.333. The van der Waals surface area contributed by atoms with E-state index in [0.29, 0.717) is 5.56 Å². The smallest absolute Gasteiger partial charge is 0.255 e. The van der Waals surface area contributed by atoms with E-state index in [2.05, 4.69) is 31.1 Å². The van der Waals surface area contributed by atoms with Crippen LogP contribution in [0.4, 0.5) is 11.4 Å². The molecule has 2 rings (SSSR count). The molecule has 4 nitrogen and oxygen atoms in total. The van der Waals surface area contributed by atoms with Gasteiger partial charge in [0.25, 0.3) is 5.91 Å². The molecule has 0 aliphatic carbocycles. The fourth-order valence-corrected chi connectivity index (χ4v) is 2.05. The minimum absolute atomic E-state index is 0.0500. The van der Waals surface area contributed by atoms with E-state index in [-0.39, 0.29) is 11.3 Å². The van der Waals surface area contributed by atoms with Crippen molar-refractivity contribution < 1.29 is 4.79 Å². The second kappa shape index (κ2) is 6.18. The third kappa shape index (κ3) is 3.85. The maximum atomic E-state index is 12.4. The van der Waals surface area contributed by atoms with Crippen molar-refractivity contribution in [2.75, 3.05) is 24.3 Å². The molecule has 4 heteroatoms. The molecule has 1 heterocycles. The Morgan fingerprint density at radius 1 is 1.14 bits per heavy atom. The summed E-state index contributed by atoms with van der Waals surface area (Å²) in [4.78, 5) is 18.7. The first-order valence-corrected chi connectivity index (χ1v) is 7.32. The van der Waals surface area contributed by atoms with Crippen LogP contribution in [0, 0.1) is 0 Å². The molecule has 2 aromatic rings. The van der Waals surface area contributed by atoms with Crippen molar-refractivity contribution in [1.82, 2.24) is 4.98 Å². The highest BCUT2D eigenvalue weighted by molar-refractivity contribution is 6.04. The van der Waals surface area contributed by atoms with E-state index in [1.54, 1.807) is 6.20 Å². The number of carbonyl (C=O) groups is 1. The molecule has 0 bridgehead atoms. The number of hydrogen-bond donors (Lipinski definition) is 1. The van der Waals surface area contributed by atoms with Crippen LogP contribution in [0.1, 0.15) is 36.8 Å². The van der Waals surface area contributed by atoms with Gasteiger partial charge in [-0.3, -0.25) is 9.78 Å². The van der Waals surface area contributed by atoms with Crippen molar-refractivity contribution >= 4 is 17.3 Å². The maximum absolute atomic E-state index is 12.4. The molecule has 0 fully saturated rings. The first-order chi connectivity index (χ1) is 10.3. The summed E-state index contributed by atoms with van der Waals surface area (Å²) >= 11 is 0. The molecule has 0 radical (unpaired) electrons. The number of benzene rings is 1. The molecule has 0 aliphatic rings. The van der Waals surface area contributed by atoms with Gasteiger partial charge in [-0.2, -0.15) is 0 Å². The van der Waals surface area contributed by atoms with Gasteiger partial charge in [0.05, 0.1) is 0 Å². The predicted molar refractivity (Wildman–Crippen MR) is 91.7 cm³/mol. The summed E-state index contributed by atoms with van der Waals surface area (Å²) in [7, 11) is 3.91. The number of rotatable bonds is 3. The molecule has 1 aromatic heterocycles. The highest BCUT2D eigenvalue weighted by Crippen LogP contribution is 2.23. The van der Waals surface area contributed by atoms with E-state index in [4.69, 9.17) is 0 Å². The van der Waals surface area contributed by atoms with E-state index < -0.39 is 0 Å². The number of nitrogens with one attached hydrogen (secondary N) is 1. The normalized spacial score (nSPS) is 11.1. The zero-order valence-electron chi connectivity index (χ0n) is 13.8. The Morgan fingerprint density at radius 3 is 2.50 bits per heavy atom. The molecule has 1 aromatic carbocycles. The topological polar surface area (TPSA) is 45.2 Å². The van der Waals surface area contributed by atoms with E-state index in [1.165, 1.54) is 0 Å². The molecule has 116 valence electrons. The van der Waals surface area contributed by atoms with Crippen LogP contribution < -0.4 is 10.2 Å². The summed E-state index contributed by atoms with van der Waals surface area (Å²) < 4.78 is 0. The lowest BCUT2D eigenvalue weighted by Crippen LogP contribution is -2.16. The van der Waals surface area contributed by atoms with Gasteiger partial charge in [-0.05, 0) is 30.3 Å². The molecule has 0 saturated heterocycles. The Balaban J connectivity index is 2.20. The van der Waals surface area contributed by atoms with Gasteiger partial charge in [0.2, 0.25) is 0 Å². The van der Waals surface area contributed by atoms with Gasteiger partial charge in [-0.15, -0.1) is 0 Å². The van der Waals surface area contributed by atoms with Crippen LogP contribution in [0.2, 0.25) is 0 Å². The maximum Gasteiger partial charge on any atom is 0.255 e. The number of nitrogens with zero attached hydrogens (tertiary/aromatic N) is 2. The lowest BCUT2D eigenvalue weighted by molar-refractivity contribution is 0.102. The summed E-state index contributed by atoms with van der Waals surface area (Å²) in [5.41, 5.74) is 3.30. The number of hydrogen-bond acceptors (Lipinski definition) is 3. The van der Waals surface area contributed by atoms with Crippen molar-refractivity contribution in [2.24, 2.45) is 0 Å². The minimum Gasteiger partial charge on any atom is -0.378 e. The van der Waals surface area contributed by atoms with E-state index in [1.807, 2.05) is 55.4 Å². The Labute approximate surface area is 132 Å². The number of pyridine rings is 1. The molecular formula is C18H23N3O. The predicted octanol–water partition coefficient (Wildman–Crippen LogP) is 3.70. The van der Waals surface area contributed by atoms with Gasteiger partial charge in [0.1, 0.15) is 0 Å². The van der Waals surface area contributed by atoms with Crippen molar-refractivity contribution in [3.63, 3.8) is 0 Å². The highest BCUT2D eigenvalue weighted by Gasteiger charge is 2.16. The number of carbonyl (C=O) groups excluding carboxylic acids is 1. The first-order valence-electron chi connectivity index (χ1n) is 7.32. The molecule has 1 N–H and O–H groups in total. The second-order valence-corrected chi connectivity index (χ2v) is 6.58. The Bertz CT molecular complexity index is 672. The molecule has 0 aliphatic heterocycles. The van der Waals surface area contributed by atoms with Crippen molar-refractivity contribution in [2.45, 2.75) is 26.2 Å². The van der Waals surface area contributed by atoms with E-state index in [0.717, 1.165) is 17.1 Å². The summed E-state index contributed by atoms with van der Waals surface area (Å²) in [6, 6.07) is 11.3. The zero-order valence-corrected chi connectivity index (χ0v) is 13.8. The monoisotopic (exact) mass is 297 g/mol. The quantitative estimate of drug-likeness (QED) is 0.939. The molecule has 0 spiro atoms. The highest BCUT2D eigenvalue weighted by atomic mass is 16.1. The Hall–Kier alpha value is -2.36. The van der Waals surface area contributed by atoms with E-state index in [9.17, 15) is 4.79 Å². The second-order valence-electron chi connectivity index (χ2n) is 6.58. The summed E-state index contributed by atoms with van der Waals surface area (Å²) in [5, 5.41) is 2.94. The summed E-state index contributed by atoms with van der Waals surface area (Å²) in [6.45, 7) is 6.30. The van der Waals surface area contributed by atoms with Crippen LogP contribution in [-0.4, -0.2) is 25.0 Å². The van der Waals surface area contributed by atoms with E-state index >= 15 is 0 Å². The lowest BCUT2D eigenvalue weighted by Gasteiger charge is -2.18. The molecule has 0 atom stereocenters. The van der Waals surface area contributed by atoms with Crippen molar-refractivity contribution in [3.8, 4) is 0 Å². The molecule has 0 unspecified atom stereocenters. The first kappa shape index (κ1) is 16.0. The van der Waals surface area contributed by atoms with Gasteiger partial charge in [-0.25, -0.2) is 0 Å². The SMILES string of the molecule is CN(C)c1cccc(C(=O)Nc2ccnc(C(C)(C)C)c2)c1. The van der Waals surface area contributed by atoms with Crippen LogP contribution in [0.3, 0.4) is 0 Å². The average Bonchev–Trinajstić information content (AvgIpc) is 2.46. The zero-order chi connectivity index (χ0) is 16.3. The van der Waals surface area contributed by atoms with Crippen LogP contribution in [0.15, 0.2) is 42.6 Å². The van der Waals surface area contributed by atoms with Gasteiger partial charge >= 0.3 is 0 Å².